The lowest BCUT2D eigenvalue weighted by Crippen LogP contribution is -1.74. The first kappa shape index (κ1) is 7.51. The van der Waals surface area contributed by atoms with Gasteiger partial charge in [-0.2, -0.15) is 0 Å². The van der Waals surface area contributed by atoms with Crippen molar-refractivity contribution in [2.45, 2.75) is 0 Å². The molecule has 9 heavy (non-hydrogen) atoms. The zero-order chi connectivity index (χ0) is 6.85. The van der Waals surface area contributed by atoms with E-state index in [0.29, 0.717) is 5.15 Å². The van der Waals surface area contributed by atoms with E-state index in [4.69, 9.17) is 11.6 Å². The molecule has 0 radical (unpaired) electrons. The van der Waals surface area contributed by atoms with Crippen molar-refractivity contribution in [1.29, 1.82) is 0 Å². The van der Waals surface area contributed by atoms with E-state index in [1.54, 1.807) is 12.3 Å². The van der Waals surface area contributed by atoms with E-state index in [1.165, 1.54) is 0 Å². The fraction of sp³-hybridized carbons (Fsp3) is 0. The monoisotopic (exact) mass is 269 g/mol. The lowest BCUT2D eigenvalue weighted by atomic mass is 10.5. The fourth-order valence-corrected chi connectivity index (χ4v) is 1.22. The highest BCUT2D eigenvalue weighted by molar-refractivity contribution is 9.13. The summed E-state index contributed by atoms with van der Waals surface area (Å²) in [6.45, 7) is 0. The van der Waals surface area contributed by atoms with Crippen molar-refractivity contribution in [3.8, 4) is 0 Å². The average molecular weight is 271 g/mol. The largest absolute Gasteiger partial charge is 0.243 e. The van der Waals surface area contributed by atoms with Crippen LogP contribution in [0.25, 0.3) is 0 Å². The third-order valence-electron chi connectivity index (χ3n) is 0.775. The van der Waals surface area contributed by atoms with E-state index in [1.807, 2.05) is 0 Å². The summed E-state index contributed by atoms with van der Waals surface area (Å²) in [6, 6.07) is 1.73. The quantitative estimate of drug-likeness (QED) is 0.660. The average Bonchev–Trinajstić information content (AvgIpc) is 1.80. The van der Waals surface area contributed by atoms with Crippen LogP contribution in [0, 0.1) is 0 Å². The third kappa shape index (κ3) is 1.92. The summed E-state index contributed by atoms with van der Waals surface area (Å²) in [7, 11) is 0. The number of nitrogens with zero attached hydrogens (tertiary/aromatic N) is 1. The maximum absolute atomic E-state index is 5.55. The van der Waals surface area contributed by atoms with Crippen LogP contribution in [0.2, 0.25) is 5.15 Å². The second-order valence-corrected chi connectivity index (χ2v) is 3.52. The summed E-state index contributed by atoms with van der Waals surface area (Å²) in [5, 5.41) is 0.491. The van der Waals surface area contributed by atoms with Crippen molar-refractivity contribution in [1.82, 2.24) is 4.98 Å². The Morgan fingerprint density at radius 1 is 1.33 bits per heavy atom. The Balaban J connectivity index is 3.17. The molecule has 0 amide bonds. The second kappa shape index (κ2) is 2.99. The molecule has 1 aromatic rings. The van der Waals surface area contributed by atoms with E-state index in [-0.39, 0.29) is 0 Å². The van der Waals surface area contributed by atoms with Gasteiger partial charge in [-0.1, -0.05) is 11.6 Å². The first-order chi connectivity index (χ1) is 4.20. The molecule has 0 atom stereocenters. The van der Waals surface area contributed by atoms with Crippen LogP contribution in [0.3, 0.4) is 0 Å². The molecular weight excluding hydrogens is 269 g/mol. The minimum atomic E-state index is 0.491. The van der Waals surface area contributed by atoms with Gasteiger partial charge in [-0.25, -0.2) is 4.98 Å². The minimum Gasteiger partial charge on any atom is -0.243 e. The molecule has 0 saturated carbocycles. The van der Waals surface area contributed by atoms with Gasteiger partial charge in [-0.3, -0.25) is 0 Å². The van der Waals surface area contributed by atoms with E-state index >= 15 is 0 Å². The number of aromatic nitrogens is 1. The summed E-state index contributed by atoms with van der Waals surface area (Å²) in [6.07, 6.45) is 1.65. The summed E-state index contributed by atoms with van der Waals surface area (Å²) < 4.78 is 1.83. The van der Waals surface area contributed by atoms with Crippen molar-refractivity contribution >= 4 is 43.5 Å². The molecule has 0 bridgehead atoms. The van der Waals surface area contributed by atoms with E-state index in [2.05, 4.69) is 36.8 Å². The van der Waals surface area contributed by atoms with Crippen LogP contribution in [0.5, 0.6) is 0 Å². The number of pyridine rings is 1. The number of hydrogen-bond acceptors (Lipinski definition) is 1. The van der Waals surface area contributed by atoms with E-state index < -0.39 is 0 Å². The summed E-state index contributed by atoms with van der Waals surface area (Å²) >= 11 is 12.1. The molecule has 4 heteroatoms. The highest BCUT2D eigenvalue weighted by Gasteiger charge is 1.95. The van der Waals surface area contributed by atoms with Gasteiger partial charge in [-0.15, -0.1) is 0 Å². The Morgan fingerprint density at radius 2 is 2.00 bits per heavy atom. The van der Waals surface area contributed by atoms with Gasteiger partial charge in [0.1, 0.15) is 5.15 Å². The molecule has 0 saturated heterocycles. The Hall–Kier alpha value is 0.400. The Kier molecular flexibility index (Phi) is 2.50. The molecule has 0 unspecified atom stereocenters. The smallest absolute Gasteiger partial charge is 0.130 e. The van der Waals surface area contributed by atoms with Crippen LogP contribution in [-0.4, -0.2) is 4.98 Å². The van der Waals surface area contributed by atoms with Gasteiger partial charge in [0.2, 0.25) is 0 Å². The van der Waals surface area contributed by atoms with Gasteiger partial charge in [0, 0.05) is 10.7 Å². The van der Waals surface area contributed by atoms with Crippen LogP contribution in [0.4, 0.5) is 0 Å². The number of rotatable bonds is 0. The van der Waals surface area contributed by atoms with Crippen molar-refractivity contribution < 1.29 is 0 Å². The molecule has 1 aromatic heterocycles. The molecule has 0 aromatic carbocycles. The molecule has 0 N–H and O–H groups in total. The van der Waals surface area contributed by atoms with Gasteiger partial charge >= 0.3 is 0 Å². The standard InChI is InChI=1S/C5H2Br2ClN/c6-3-1-5(8)9-2-4(3)7/h1-2H. The van der Waals surface area contributed by atoms with Crippen LogP contribution >= 0.6 is 43.5 Å². The van der Waals surface area contributed by atoms with E-state index in [9.17, 15) is 0 Å². The van der Waals surface area contributed by atoms with Crippen molar-refractivity contribution in [3.05, 3.63) is 26.4 Å². The summed E-state index contributed by atoms with van der Waals surface area (Å²) in [4.78, 5) is 3.83. The number of hydrogen-bond donors (Lipinski definition) is 0. The molecule has 0 aliphatic heterocycles. The summed E-state index contributed by atoms with van der Waals surface area (Å²) in [5.74, 6) is 0. The zero-order valence-electron chi connectivity index (χ0n) is 4.24. The Labute approximate surface area is 74.7 Å². The third-order valence-corrected chi connectivity index (χ3v) is 2.80. The van der Waals surface area contributed by atoms with Crippen LogP contribution in [-0.2, 0) is 0 Å². The van der Waals surface area contributed by atoms with Gasteiger partial charge in [0.25, 0.3) is 0 Å². The first-order valence-electron chi connectivity index (χ1n) is 2.16. The second-order valence-electron chi connectivity index (χ2n) is 1.42. The van der Waals surface area contributed by atoms with Crippen molar-refractivity contribution in [3.63, 3.8) is 0 Å². The molecule has 0 aliphatic rings. The minimum absolute atomic E-state index is 0.491. The fourth-order valence-electron chi connectivity index (χ4n) is 0.391. The lowest BCUT2D eigenvalue weighted by molar-refractivity contribution is 1.29. The van der Waals surface area contributed by atoms with Gasteiger partial charge in [0.05, 0.1) is 4.47 Å². The first-order valence-corrected chi connectivity index (χ1v) is 4.13. The highest BCUT2D eigenvalue weighted by atomic mass is 79.9. The molecule has 48 valence electrons. The molecule has 0 fully saturated rings. The predicted molar refractivity (Wildman–Crippen MR) is 44.6 cm³/mol. The molecule has 1 rings (SSSR count). The molecule has 1 nitrogen and oxygen atoms in total. The van der Waals surface area contributed by atoms with Crippen LogP contribution in [0.15, 0.2) is 21.2 Å². The summed E-state index contributed by atoms with van der Waals surface area (Å²) in [5.41, 5.74) is 0. The topological polar surface area (TPSA) is 12.9 Å². The molecular formula is C5H2Br2ClN. The van der Waals surface area contributed by atoms with Gasteiger partial charge in [-0.05, 0) is 37.9 Å². The van der Waals surface area contributed by atoms with Crippen molar-refractivity contribution in [2.24, 2.45) is 0 Å². The SMILES string of the molecule is Clc1cc(Br)c(Br)cn1. The van der Waals surface area contributed by atoms with Gasteiger partial charge in [0.15, 0.2) is 0 Å². The molecule has 1 heterocycles. The van der Waals surface area contributed by atoms with Crippen LogP contribution in [0.1, 0.15) is 0 Å². The van der Waals surface area contributed by atoms with Gasteiger partial charge < -0.3 is 0 Å². The van der Waals surface area contributed by atoms with Crippen LogP contribution < -0.4 is 0 Å². The van der Waals surface area contributed by atoms with E-state index in [0.717, 1.165) is 8.95 Å². The normalized spacial score (nSPS) is 9.67. The predicted octanol–water partition coefficient (Wildman–Crippen LogP) is 3.26. The lowest BCUT2D eigenvalue weighted by Gasteiger charge is -1.92. The maximum atomic E-state index is 5.55. The number of halogens is 3. The molecule has 0 spiro atoms. The Morgan fingerprint density at radius 3 is 2.44 bits per heavy atom. The Bertz CT molecular complexity index is 226. The molecule has 0 aliphatic carbocycles. The highest BCUT2D eigenvalue weighted by Crippen LogP contribution is 2.23. The van der Waals surface area contributed by atoms with Crippen molar-refractivity contribution in [2.75, 3.05) is 0 Å². The maximum Gasteiger partial charge on any atom is 0.130 e. The zero-order valence-corrected chi connectivity index (χ0v) is 8.16.